The average Bonchev–Trinajstić information content (AvgIpc) is 2.81. The molecular formula is C31H20. The van der Waals surface area contributed by atoms with E-state index in [9.17, 15) is 0 Å². The minimum Gasteiger partial charge on any atom is -0.0870 e. The molecule has 0 bridgehead atoms. The molecule has 0 aliphatic heterocycles. The Morgan fingerprint density at radius 1 is 0.452 bits per heavy atom. The summed E-state index contributed by atoms with van der Waals surface area (Å²) in [5.74, 6) is 0. The van der Waals surface area contributed by atoms with E-state index in [2.05, 4.69) is 110 Å². The van der Waals surface area contributed by atoms with E-state index in [1.807, 2.05) is 0 Å². The lowest BCUT2D eigenvalue weighted by atomic mass is 9.85. The minimum absolute atomic E-state index is 1.29. The molecule has 0 nitrogen and oxygen atoms in total. The first-order valence-electron chi connectivity index (χ1n) is 10.9. The molecule has 0 aliphatic rings. The zero-order chi connectivity index (χ0) is 20.5. The lowest BCUT2D eigenvalue weighted by Crippen LogP contribution is -1.90. The second-order valence-corrected chi connectivity index (χ2v) is 8.51. The smallest absolute Gasteiger partial charge is 0.00137 e. The molecule has 0 aromatic heterocycles. The van der Waals surface area contributed by atoms with Gasteiger partial charge in [0, 0.05) is 0 Å². The molecule has 0 atom stereocenters. The van der Waals surface area contributed by atoms with Crippen LogP contribution in [-0.2, 0) is 0 Å². The Bertz CT molecular complexity index is 1830. The van der Waals surface area contributed by atoms with Gasteiger partial charge in [-0.15, -0.1) is 0 Å². The SMILES string of the molecule is C/C=C\c1cccc2c3cccc4ccc5c6cc7ccccc7cc6cc(c12)c5c43. The number of fused-ring (bicyclic) bond motifs is 6. The van der Waals surface area contributed by atoms with Crippen molar-refractivity contribution >= 4 is 70.7 Å². The van der Waals surface area contributed by atoms with Crippen molar-refractivity contribution < 1.29 is 0 Å². The Labute approximate surface area is 180 Å². The largest absolute Gasteiger partial charge is 0.0870 e. The van der Waals surface area contributed by atoms with E-state index in [-0.39, 0.29) is 0 Å². The Kier molecular flexibility index (Phi) is 3.29. The van der Waals surface area contributed by atoms with E-state index in [1.54, 1.807) is 0 Å². The summed E-state index contributed by atoms with van der Waals surface area (Å²) in [7, 11) is 0. The number of hydrogen-bond donors (Lipinski definition) is 0. The topological polar surface area (TPSA) is 0 Å². The second-order valence-electron chi connectivity index (χ2n) is 8.51. The van der Waals surface area contributed by atoms with E-state index in [0.717, 1.165) is 0 Å². The molecule has 144 valence electrons. The summed E-state index contributed by atoms with van der Waals surface area (Å²) < 4.78 is 0. The molecule has 0 N–H and O–H groups in total. The molecule has 7 rings (SSSR count). The third kappa shape index (κ3) is 2.20. The van der Waals surface area contributed by atoms with Crippen LogP contribution in [0.2, 0.25) is 0 Å². The molecule has 7 aromatic carbocycles. The molecule has 0 heterocycles. The summed E-state index contributed by atoms with van der Waals surface area (Å²) in [4.78, 5) is 0. The van der Waals surface area contributed by atoms with E-state index in [4.69, 9.17) is 0 Å². The molecule has 0 spiro atoms. The summed E-state index contributed by atoms with van der Waals surface area (Å²) in [6.45, 7) is 2.10. The predicted molar refractivity (Wildman–Crippen MR) is 137 cm³/mol. The molecule has 0 fully saturated rings. The minimum atomic E-state index is 1.29. The van der Waals surface area contributed by atoms with Crippen LogP contribution >= 0.6 is 0 Å². The fourth-order valence-electron chi connectivity index (χ4n) is 5.56. The van der Waals surface area contributed by atoms with Crippen LogP contribution in [0.4, 0.5) is 0 Å². The molecule has 0 saturated heterocycles. The molecule has 7 aromatic rings. The predicted octanol–water partition coefficient (Wildman–Crippen LogP) is 9.08. The van der Waals surface area contributed by atoms with Gasteiger partial charge in [-0.2, -0.15) is 0 Å². The van der Waals surface area contributed by atoms with Gasteiger partial charge in [0.2, 0.25) is 0 Å². The van der Waals surface area contributed by atoms with Crippen LogP contribution in [-0.4, -0.2) is 0 Å². The normalized spacial score (nSPS) is 12.5. The number of hydrogen-bond acceptors (Lipinski definition) is 0. The van der Waals surface area contributed by atoms with Gasteiger partial charge in [-0.05, 0) is 95.3 Å². The van der Waals surface area contributed by atoms with Gasteiger partial charge in [-0.25, -0.2) is 0 Å². The van der Waals surface area contributed by atoms with Crippen LogP contribution in [0.25, 0.3) is 70.7 Å². The Hall–Kier alpha value is -3.90. The van der Waals surface area contributed by atoms with Gasteiger partial charge < -0.3 is 0 Å². The molecule has 0 aliphatic carbocycles. The van der Waals surface area contributed by atoms with E-state index in [0.29, 0.717) is 0 Å². The van der Waals surface area contributed by atoms with Crippen molar-refractivity contribution in [2.24, 2.45) is 0 Å². The monoisotopic (exact) mass is 392 g/mol. The maximum atomic E-state index is 2.42. The van der Waals surface area contributed by atoms with Gasteiger partial charge in [0.15, 0.2) is 0 Å². The molecule has 0 heteroatoms. The van der Waals surface area contributed by atoms with Crippen molar-refractivity contribution in [1.82, 2.24) is 0 Å². The van der Waals surface area contributed by atoms with Gasteiger partial charge in [-0.3, -0.25) is 0 Å². The highest BCUT2D eigenvalue weighted by molar-refractivity contribution is 6.38. The van der Waals surface area contributed by atoms with Gasteiger partial charge in [0.1, 0.15) is 0 Å². The maximum Gasteiger partial charge on any atom is -0.00137 e. The van der Waals surface area contributed by atoms with E-state index >= 15 is 0 Å². The summed E-state index contributed by atoms with van der Waals surface area (Å²) in [5.41, 5.74) is 1.29. The van der Waals surface area contributed by atoms with Crippen LogP contribution in [0.5, 0.6) is 0 Å². The average molecular weight is 393 g/mol. The maximum absolute atomic E-state index is 2.42. The number of rotatable bonds is 1. The van der Waals surface area contributed by atoms with Crippen molar-refractivity contribution in [2.45, 2.75) is 6.92 Å². The zero-order valence-corrected chi connectivity index (χ0v) is 17.3. The fraction of sp³-hybridized carbons (Fsp3) is 0.0323. The van der Waals surface area contributed by atoms with Gasteiger partial charge in [-0.1, -0.05) is 84.9 Å². The van der Waals surface area contributed by atoms with Crippen LogP contribution < -0.4 is 0 Å². The first kappa shape index (κ1) is 16.8. The first-order chi connectivity index (χ1) is 15.3. The van der Waals surface area contributed by atoms with Crippen molar-refractivity contribution in [3.63, 3.8) is 0 Å². The third-order valence-electron chi connectivity index (χ3n) is 6.83. The highest BCUT2D eigenvalue weighted by Crippen LogP contribution is 2.44. The Morgan fingerprint density at radius 2 is 1.13 bits per heavy atom. The molecule has 0 unspecified atom stereocenters. The van der Waals surface area contributed by atoms with Crippen molar-refractivity contribution in [3.05, 3.63) is 103 Å². The Morgan fingerprint density at radius 3 is 1.97 bits per heavy atom. The van der Waals surface area contributed by atoms with Gasteiger partial charge in [0.05, 0.1) is 0 Å². The zero-order valence-electron chi connectivity index (χ0n) is 17.3. The highest BCUT2D eigenvalue weighted by Gasteiger charge is 2.16. The molecule has 0 amide bonds. The third-order valence-corrected chi connectivity index (χ3v) is 6.83. The summed E-state index contributed by atoms with van der Waals surface area (Å²) >= 11 is 0. The summed E-state index contributed by atoms with van der Waals surface area (Å²) in [5, 5.41) is 16.0. The standard InChI is InChI=1S/C31H20/c1-2-7-19-10-5-12-24-25-13-6-11-20-14-15-26-27-17-22-9-4-3-8-21(22)16-23(27)18-28(29(19)24)31(26)30(20)25/h2-18H,1H3/b7-2-. The fourth-order valence-corrected chi connectivity index (χ4v) is 5.56. The van der Waals surface area contributed by atoms with E-state index in [1.165, 1.54) is 70.2 Å². The van der Waals surface area contributed by atoms with Crippen LogP contribution in [0.15, 0.2) is 97.1 Å². The van der Waals surface area contributed by atoms with Crippen molar-refractivity contribution in [1.29, 1.82) is 0 Å². The highest BCUT2D eigenvalue weighted by atomic mass is 14.2. The van der Waals surface area contributed by atoms with Crippen molar-refractivity contribution in [2.75, 3.05) is 0 Å². The summed E-state index contributed by atoms with van der Waals surface area (Å²) in [6, 6.07) is 33.9. The lowest BCUT2D eigenvalue weighted by Gasteiger charge is -2.18. The molecule has 0 saturated carbocycles. The second kappa shape index (κ2) is 6.06. The van der Waals surface area contributed by atoms with Crippen LogP contribution in [0.3, 0.4) is 0 Å². The molecule has 31 heavy (non-hydrogen) atoms. The van der Waals surface area contributed by atoms with E-state index < -0.39 is 0 Å². The van der Waals surface area contributed by atoms with Crippen molar-refractivity contribution in [3.8, 4) is 0 Å². The Balaban J connectivity index is 1.86. The van der Waals surface area contributed by atoms with Crippen LogP contribution in [0.1, 0.15) is 12.5 Å². The van der Waals surface area contributed by atoms with Gasteiger partial charge in [0.25, 0.3) is 0 Å². The van der Waals surface area contributed by atoms with Gasteiger partial charge >= 0.3 is 0 Å². The lowest BCUT2D eigenvalue weighted by molar-refractivity contribution is 1.72. The molecular weight excluding hydrogens is 372 g/mol. The molecule has 0 radical (unpaired) electrons. The number of allylic oxidation sites excluding steroid dienone is 1. The quantitative estimate of drug-likeness (QED) is 0.193. The van der Waals surface area contributed by atoms with Crippen LogP contribution in [0, 0.1) is 0 Å². The summed E-state index contributed by atoms with van der Waals surface area (Å²) in [6.07, 6.45) is 4.38. The first-order valence-corrected chi connectivity index (χ1v) is 10.9. The number of benzene rings is 7.